The van der Waals surface area contributed by atoms with Gasteiger partial charge in [-0.15, -0.1) is 0 Å². The Morgan fingerprint density at radius 2 is 1.67 bits per heavy atom. The van der Waals surface area contributed by atoms with Crippen molar-refractivity contribution in [2.75, 3.05) is 6.54 Å². The molecule has 0 radical (unpaired) electrons. The highest BCUT2D eigenvalue weighted by molar-refractivity contribution is 7.91. The molecule has 4 fully saturated rings. The van der Waals surface area contributed by atoms with Gasteiger partial charge in [0, 0.05) is 23.3 Å². The number of allylic oxidation sites excluding steroid dienone is 1. The van der Waals surface area contributed by atoms with Gasteiger partial charge in [-0.2, -0.15) is 4.98 Å². The van der Waals surface area contributed by atoms with Gasteiger partial charge in [-0.25, -0.2) is 18.2 Å². The minimum atomic E-state index is -4.02. The van der Waals surface area contributed by atoms with Crippen molar-refractivity contribution in [3.8, 4) is 17.3 Å². The van der Waals surface area contributed by atoms with Crippen LogP contribution in [0.1, 0.15) is 117 Å². The van der Waals surface area contributed by atoms with Gasteiger partial charge in [0.25, 0.3) is 11.8 Å². The molecule has 3 saturated carbocycles. The molecule has 0 unspecified atom stereocenters. The maximum atomic E-state index is 14.9. The molecular formula is C48H58N6O9S. The summed E-state index contributed by atoms with van der Waals surface area (Å²) in [7, 11) is -4.02. The molecule has 64 heavy (non-hydrogen) atoms. The number of alkyl carbamates (subject to hydrolysis) is 1. The third-order valence-corrected chi connectivity index (χ3v) is 16.0. The van der Waals surface area contributed by atoms with Crippen LogP contribution in [0.2, 0.25) is 0 Å². The molecule has 4 amide bonds. The summed E-state index contributed by atoms with van der Waals surface area (Å²) in [6.45, 7) is 7.96. The quantitative estimate of drug-likeness (QED) is 0.152. The number of nitrogens with one attached hydrogen (secondary N) is 3. The molecule has 4 heterocycles. The number of ether oxygens (including phenoxy) is 2. The van der Waals surface area contributed by atoms with Crippen LogP contribution in [0.3, 0.4) is 0 Å². The summed E-state index contributed by atoms with van der Waals surface area (Å²) in [5.41, 5.74) is 1.71. The van der Waals surface area contributed by atoms with E-state index >= 15 is 0 Å². The van der Waals surface area contributed by atoms with Crippen LogP contribution in [0.4, 0.5) is 4.79 Å². The van der Waals surface area contributed by atoms with E-state index in [0.717, 1.165) is 55.0 Å². The Hall–Kier alpha value is -5.51. The highest BCUT2D eigenvalue weighted by Gasteiger charge is 2.63. The Balaban J connectivity index is 1.06. The van der Waals surface area contributed by atoms with Crippen LogP contribution in [-0.4, -0.2) is 88.2 Å². The Morgan fingerprint density at radius 1 is 0.938 bits per heavy atom. The van der Waals surface area contributed by atoms with Crippen LogP contribution in [0.15, 0.2) is 65.1 Å². The molecule has 3 aliphatic carbocycles. The minimum Gasteiger partial charge on any atom is -0.470 e. The molecule has 5 atom stereocenters. The maximum Gasteiger partial charge on any atom is 0.408 e. The van der Waals surface area contributed by atoms with E-state index in [4.69, 9.17) is 23.9 Å². The van der Waals surface area contributed by atoms with Crippen LogP contribution >= 0.6 is 0 Å². The summed E-state index contributed by atoms with van der Waals surface area (Å²) in [5, 5.41) is 6.54. The number of carbonyl (C=O) groups excluding carboxylic acids is 4. The fraction of sp³-hybridized carbons (Fsp3) is 0.542. The number of hydrogen-bond donors (Lipinski definition) is 3. The number of furan rings is 1. The van der Waals surface area contributed by atoms with Crippen LogP contribution < -0.4 is 20.1 Å². The van der Waals surface area contributed by atoms with Crippen LogP contribution in [0.25, 0.3) is 33.5 Å². The lowest BCUT2D eigenvalue weighted by molar-refractivity contribution is -0.141. The fourth-order valence-electron chi connectivity index (χ4n) is 9.33. The lowest BCUT2D eigenvalue weighted by Crippen LogP contribution is -2.58. The van der Waals surface area contributed by atoms with Crippen molar-refractivity contribution in [1.29, 1.82) is 0 Å². The molecule has 340 valence electrons. The van der Waals surface area contributed by atoms with Crippen LogP contribution in [0.5, 0.6) is 5.88 Å². The summed E-state index contributed by atoms with van der Waals surface area (Å²) in [4.78, 5) is 68.2. The van der Waals surface area contributed by atoms with Crippen molar-refractivity contribution < 1.29 is 41.5 Å². The first-order valence-corrected chi connectivity index (χ1v) is 24.3. The minimum absolute atomic E-state index is 0.00722. The van der Waals surface area contributed by atoms with Gasteiger partial charge >= 0.3 is 6.09 Å². The number of para-hydroxylation sites is 1. The van der Waals surface area contributed by atoms with Crippen molar-refractivity contribution in [2.24, 2.45) is 5.92 Å². The highest BCUT2D eigenvalue weighted by atomic mass is 32.2. The first-order chi connectivity index (χ1) is 30.5. The molecular weight excluding hydrogens is 837 g/mol. The Bertz CT molecular complexity index is 2610. The Kier molecular flexibility index (Phi) is 11.5. The zero-order valence-corrected chi connectivity index (χ0v) is 37.8. The van der Waals surface area contributed by atoms with E-state index in [1.807, 2.05) is 60.7 Å². The standard InChI is InChI=1S/C48H58N6O9S/c1-46(2,3)30-22-20-29(21-23-30)40-50-38-34-17-12-13-19-37(34)63-39(38)42(51-40)61-33-26-36-41(55)52-48(44(57)53-64(59,60)47(4)24-25-47)27-31(48)14-8-6-5-7-9-18-35(43(56)54(36)28-33)49-45(58)62-32-15-10-11-16-32/h8,12-14,17,19-23,31-33,35-36H,5-7,9-11,15-16,18,24-28H2,1-4H3,(H,49,58)(H,52,55)(H,53,57)/b14-8-/t31-,33-,35+,36+,48-/m1/s1. The van der Waals surface area contributed by atoms with E-state index in [1.165, 1.54) is 4.90 Å². The number of aromatic nitrogens is 2. The second kappa shape index (κ2) is 16.8. The van der Waals surface area contributed by atoms with Gasteiger partial charge in [0.2, 0.25) is 27.4 Å². The first-order valence-electron chi connectivity index (χ1n) is 22.8. The van der Waals surface area contributed by atoms with E-state index in [-0.39, 0.29) is 36.8 Å². The predicted molar refractivity (Wildman–Crippen MR) is 240 cm³/mol. The molecule has 2 aromatic carbocycles. The van der Waals surface area contributed by atoms with Gasteiger partial charge in [-0.3, -0.25) is 19.1 Å². The average Bonchev–Trinajstić information content (AvgIpc) is 3.92. The summed E-state index contributed by atoms with van der Waals surface area (Å²) >= 11 is 0. The molecule has 5 aliphatic rings. The van der Waals surface area contributed by atoms with Gasteiger partial charge in [0.05, 0.1) is 11.3 Å². The number of rotatable bonds is 8. The normalized spacial score (nSPS) is 26.8. The van der Waals surface area contributed by atoms with Gasteiger partial charge in [0.15, 0.2) is 5.82 Å². The smallest absolute Gasteiger partial charge is 0.408 e. The van der Waals surface area contributed by atoms with Crippen molar-refractivity contribution in [3.05, 3.63) is 66.2 Å². The SMILES string of the molecule is CC(C)(C)c1ccc(-c2nc(O[C@@H]3C[C@H]4C(=O)N[C@]5(C(=O)NS(=O)(=O)C6(C)CC6)C[C@H]5/C=C\CCCCC[C@H](NC(=O)OC5CCCC5)C(=O)N4C3)c3oc4ccccc4c3n2)cc1. The molecule has 2 aliphatic heterocycles. The summed E-state index contributed by atoms with van der Waals surface area (Å²) in [6, 6.07) is 13.4. The van der Waals surface area contributed by atoms with E-state index in [2.05, 4.69) is 36.1 Å². The van der Waals surface area contributed by atoms with Crippen molar-refractivity contribution >= 4 is 55.9 Å². The van der Waals surface area contributed by atoms with E-state index in [1.54, 1.807) is 6.92 Å². The fourth-order valence-corrected chi connectivity index (χ4v) is 10.6. The number of hydrogen-bond acceptors (Lipinski definition) is 11. The maximum absolute atomic E-state index is 14.9. The molecule has 16 heteroatoms. The summed E-state index contributed by atoms with van der Waals surface area (Å²) < 4.78 is 46.6. The lowest BCUT2D eigenvalue weighted by atomic mass is 9.87. The number of benzene rings is 2. The van der Waals surface area contributed by atoms with Gasteiger partial charge in [0.1, 0.15) is 40.9 Å². The zero-order valence-electron chi connectivity index (χ0n) is 37.0. The molecule has 15 nitrogen and oxygen atoms in total. The van der Waals surface area contributed by atoms with Crippen molar-refractivity contribution in [2.45, 2.75) is 151 Å². The highest BCUT2D eigenvalue weighted by Crippen LogP contribution is 2.48. The van der Waals surface area contributed by atoms with Gasteiger partial charge in [-0.1, -0.05) is 82.2 Å². The summed E-state index contributed by atoms with van der Waals surface area (Å²) in [6.07, 6.45) is 9.78. The predicted octanol–water partition coefficient (Wildman–Crippen LogP) is 7.12. The lowest BCUT2D eigenvalue weighted by Gasteiger charge is -2.30. The number of fused-ring (bicyclic) bond motifs is 5. The topological polar surface area (TPSA) is 199 Å². The van der Waals surface area contributed by atoms with Gasteiger partial charge in [-0.05, 0) is 94.2 Å². The molecule has 9 rings (SSSR count). The number of carbonyl (C=O) groups is 4. The second-order valence-corrected chi connectivity index (χ2v) is 21.9. The van der Waals surface area contributed by atoms with Gasteiger partial charge < -0.3 is 29.4 Å². The first kappa shape index (κ1) is 43.7. The number of sulfonamides is 1. The molecule has 1 saturated heterocycles. The molecule has 4 aromatic rings. The largest absolute Gasteiger partial charge is 0.470 e. The average molecular weight is 895 g/mol. The zero-order chi connectivity index (χ0) is 45.0. The molecule has 3 N–H and O–H groups in total. The van der Waals surface area contributed by atoms with Crippen molar-refractivity contribution in [3.63, 3.8) is 0 Å². The number of nitrogens with zero attached hydrogens (tertiary/aromatic N) is 3. The number of amides is 4. The molecule has 0 spiro atoms. The van der Waals surface area contributed by atoms with Crippen LogP contribution in [-0.2, 0) is 34.6 Å². The molecule has 0 bridgehead atoms. The summed E-state index contributed by atoms with van der Waals surface area (Å²) in [5.74, 6) is -1.86. The third-order valence-electron chi connectivity index (χ3n) is 13.8. The molecule has 2 aromatic heterocycles. The van der Waals surface area contributed by atoms with E-state index in [0.29, 0.717) is 54.6 Å². The van der Waals surface area contributed by atoms with Crippen molar-refractivity contribution in [1.82, 2.24) is 30.2 Å². The Labute approximate surface area is 373 Å². The van der Waals surface area contributed by atoms with Crippen LogP contribution in [0, 0.1) is 5.92 Å². The third kappa shape index (κ3) is 8.69. The van der Waals surface area contributed by atoms with E-state index < -0.39 is 68.2 Å². The van der Waals surface area contributed by atoms with E-state index in [9.17, 15) is 27.6 Å². The Morgan fingerprint density at radius 3 is 2.41 bits per heavy atom. The second-order valence-electron chi connectivity index (χ2n) is 19.7. The monoisotopic (exact) mass is 894 g/mol.